The second-order valence-electron chi connectivity index (χ2n) is 8.25. The summed E-state index contributed by atoms with van der Waals surface area (Å²) >= 11 is 0. The number of carbonyl (C=O) groups excluding carboxylic acids is 1. The minimum atomic E-state index is -10.1. The molecule has 276 valence electrons. The van der Waals surface area contributed by atoms with Gasteiger partial charge in [-0.2, -0.15) is 127 Å². The Hall–Kier alpha value is -2.43. The lowest BCUT2D eigenvalue weighted by Gasteiger charge is -2.46. The summed E-state index contributed by atoms with van der Waals surface area (Å²) in [5.74, 6) is -106. The highest BCUT2D eigenvalue weighted by atomic mass is 19.4. The van der Waals surface area contributed by atoms with Crippen LogP contribution in [-0.2, 0) is 4.79 Å². The van der Waals surface area contributed by atoms with Crippen molar-refractivity contribution in [2.75, 3.05) is 0 Å². The molecule has 0 aromatic carbocycles. The van der Waals surface area contributed by atoms with Gasteiger partial charge in [-0.05, 0) is 0 Å². The van der Waals surface area contributed by atoms with Gasteiger partial charge in [0.1, 0.15) is 0 Å². The standard InChI is InChI=1S/C15F30O/c16-1(46)2(17,18)4(20,21)6(24,25)8(28,29)10(32,33)12(36,37)13(38,39)11(34,35)9(30,31)7(26,27)5(22,23)3(19,14(40,41)42)15(43,44)45. The fraction of sp³-hybridized carbons (Fsp3) is 0.933. The van der Waals surface area contributed by atoms with E-state index in [0.717, 1.165) is 0 Å². The zero-order chi connectivity index (χ0) is 38.6. The van der Waals surface area contributed by atoms with Crippen LogP contribution in [0.5, 0.6) is 0 Å². The molecule has 0 N–H and O–H groups in total. The molecule has 0 aliphatic heterocycles. The molecule has 0 heterocycles. The smallest absolute Gasteiger partial charge is 0.254 e. The molecule has 0 saturated heterocycles. The molecule has 0 amide bonds. The van der Waals surface area contributed by atoms with Gasteiger partial charge < -0.3 is 0 Å². The molecule has 0 saturated carbocycles. The number of carbonyl (C=O) groups is 1. The number of hydrogen-bond acceptors (Lipinski definition) is 1. The van der Waals surface area contributed by atoms with Crippen molar-refractivity contribution in [1.29, 1.82) is 0 Å². The Morgan fingerprint density at radius 2 is 0.413 bits per heavy atom. The van der Waals surface area contributed by atoms with Crippen molar-refractivity contribution in [1.82, 2.24) is 0 Å². The maximum absolute atomic E-state index is 13.6. The van der Waals surface area contributed by atoms with Crippen LogP contribution in [0.3, 0.4) is 0 Å². The van der Waals surface area contributed by atoms with E-state index in [0.29, 0.717) is 0 Å². The summed E-state index contributed by atoms with van der Waals surface area (Å²) in [7, 11) is 0. The molecule has 0 aromatic rings. The highest BCUT2D eigenvalue weighted by molar-refractivity contribution is 5.78. The maximum Gasteiger partial charge on any atom is 0.438 e. The monoisotopic (exact) mass is 766 g/mol. The lowest BCUT2D eigenvalue weighted by atomic mass is 9.81. The normalized spacial score (nSPS) is 17.0. The summed E-state index contributed by atoms with van der Waals surface area (Å²) in [5, 5.41) is 0. The van der Waals surface area contributed by atoms with E-state index in [2.05, 4.69) is 0 Å². The van der Waals surface area contributed by atoms with E-state index in [9.17, 15) is 137 Å². The molecule has 0 atom stereocenters. The van der Waals surface area contributed by atoms with Gasteiger partial charge in [-0.15, -0.1) is 0 Å². The van der Waals surface area contributed by atoms with E-state index in [1.807, 2.05) is 0 Å². The molecular formula is C15F30O. The average Bonchev–Trinajstić information content (AvgIpc) is 2.80. The molecule has 0 unspecified atom stereocenters. The Morgan fingerprint density at radius 3 is 0.565 bits per heavy atom. The average molecular weight is 766 g/mol. The second-order valence-corrected chi connectivity index (χ2v) is 8.25. The molecule has 0 aliphatic rings. The van der Waals surface area contributed by atoms with Gasteiger partial charge in [-0.25, -0.2) is 4.39 Å². The molecule has 0 radical (unpaired) electrons. The third-order valence-electron chi connectivity index (χ3n) is 5.40. The Kier molecular flexibility index (Phi) is 9.74. The van der Waals surface area contributed by atoms with E-state index in [1.54, 1.807) is 0 Å². The van der Waals surface area contributed by atoms with Crippen molar-refractivity contribution in [2.45, 2.75) is 83.2 Å². The van der Waals surface area contributed by atoms with Crippen LogP contribution in [0.4, 0.5) is 132 Å². The zero-order valence-corrected chi connectivity index (χ0v) is 19.2. The first kappa shape index (κ1) is 43.6. The topological polar surface area (TPSA) is 17.1 Å². The molecule has 46 heavy (non-hydrogen) atoms. The Balaban J connectivity index is 7.70. The van der Waals surface area contributed by atoms with E-state index in [-0.39, 0.29) is 0 Å². The zero-order valence-electron chi connectivity index (χ0n) is 19.2. The maximum atomic E-state index is 13.6. The van der Waals surface area contributed by atoms with Gasteiger partial charge in [0.2, 0.25) is 0 Å². The molecule has 1 nitrogen and oxygen atoms in total. The van der Waals surface area contributed by atoms with Crippen LogP contribution in [0.25, 0.3) is 0 Å². The highest BCUT2D eigenvalue weighted by Crippen LogP contribution is 2.69. The second kappa shape index (κ2) is 10.3. The van der Waals surface area contributed by atoms with Crippen molar-refractivity contribution in [3.8, 4) is 0 Å². The van der Waals surface area contributed by atoms with Crippen LogP contribution >= 0.6 is 0 Å². The fourth-order valence-electron chi connectivity index (χ4n) is 2.63. The van der Waals surface area contributed by atoms with Crippen LogP contribution < -0.4 is 0 Å². The molecule has 31 heteroatoms. The molecule has 0 rings (SSSR count). The summed E-state index contributed by atoms with van der Waals surface area (Å²) in [5.41, 5.74) is -9.34. The van der Waals surface area contributed by atoms with Gasteiger partial charge in [0.15, 0.2) is 0 Å². The van der Waals surface area contributed by atoms with Crippen molar-refractivity contribution in [2.24, 2.45) is 0 Å². The Morgan fingerprint density at radius 1 is 0.261 bits per heavy atom. The van der Waals surface area contributed by atoms with E-state index in [1.165, 1.54) is 0 Å². The first-order valence-electron chi connectivity index (χ1n) is 9.37. The fourth-order valence-corrected chi connectivity index (χ4v) is 2.63. The summed E-state index contributed by atoms with van der Waals surface area (Å²) in [6.45, 7) is 0. The van der Waals surface area contributed by atoms with Gasteiger partial charge in [0.05, 0.1) is 0 Å². The minimum Gasteiger partial charge on any atom is -0.254 e. The first-order valence-corrected chi connectivity index (χ1v) is 9.37. The van der Waals surface area contributed by atoms with Crippen molar-refractivity contribution < 1.29 is 137 Å². The molecule has 0 fully saturated rings. The van der Waals surface area contributed by atoms with Crippen molar-refractivity contribution >= 4 is 6.04 Å². The summed E-state index contributed by atoms with van der Waals surface area (Å²) in [6, 6.07) is -5.27. The largest absolute Gasteiger partial charge is 0.438 e. The quantitative estimate of drug-likeness (QED) is 0.143. The highest BCUT2D eigenvalue weighted by Gasteiger charge is 3.01. The lowest BCUT2D eigenvalue weighted by molar-refractivity contribution is -0.488. The number of hydrogen-bond donors (Lipinski definition) is 0. The third-order valence-corrected chi connectivity index (χ3v) is 5.40. The summed E-state index contributed by atoms with van der Waals surface area (Å²) < 4.78 is 394. The predicted octanol–water partition coefficient (Wildman–Crippen LogP) is 9.30. The minimum absolute atomic E-state index is 5.27. The summed E-state index contributed by atoms with van der Waals surface area (Å²) in [4.78, 5) is 9.69. The van der Waals surface area contributed by atoms with Crippen LogP contribution in [0.15, 0.2) is 0 Å². The van der Waals surface area contributed by atoms with E-state index in [4.69, 9.17) is 0 Å². The molecule has 0 aromatic heterocycles. The summed E-state index contributed by atoms with van der Waals surface area (Å²) in [6.07, 6.45) is -17.6. The van der Waals surface area contributed by atoms with Crippen molar-refractivity contribution in [3.05, 3.63) is 0 Å². The SMILES string of the molecule is O=C(F)C(F)(F)C(F)(F)C(F)(F)C(F)(F)C(F)(F)C(F)(F)C(F)(F)C(F)(F)C(F)(F)C(F)(F)C(F)(F)C(F)(C(F)(F)F)C(F)(F)F. The van der Waals surface area contributed by atoms with Crippen molar-refractivity contribution in [3.63, 3.8) is 0 Å². The van der Waals surface area contributed by atoms with E-state index >= 15 is 0 Å². The van der Waals surface area contributed by atoms with Crippen LogP contribution in [0, 0.1) is 0 Å². The third kappa shape index (κ3) is 4.71. The lowest BCUT2D eigenvalue weighted by Crippen LogP contribution is -2.80. The van der Waals surface area contributed by atoms with Gasteiger partial charge in [-0.3, -0.25) is 4.79 Å². The Bertz CT molecular complexity index is 1130. The van der Waals surface area contributed by atoms with Crippen LogP contribution in [0.2, 0.25) is 0 Å². The van der Waals surface area contributed by atoms with E-state index < -0.39 is 89.2 Å². The number of rotatable bonds is 12. The predicted molar refractivity (Wildman–Crippen MR) is 76.5 cm³/mol. The number of halogens is 30. The van der Waals surface area contributed by atoms with Gasteiger partial charge in [-0.1, -0.05) is 0 Å². The molecule has 0 spiro atoms. The molecular weight excluding hydrogens is 766 g/mol. The molecule has 0 aliphatic carbocycles. The van der Waals surface area contributed by atoms with Crippen LogP contribution in [-0.4, -0.2) is 89.2 Å². The van der Waals surface area contributed by atoms with Crippen LogP contribution in [0.1, 0.15) is 0 Å². The van der Waals surface area contributed by atoms with Gasteiger partial charge >= 0.3 is 89.2 Å². The van der Waals surface area contributed by atoms with Gasteiger partial charge in [0, 0.05) is 0 Å². The first-order chi connectivity index (χ1) is 19.2. The van der Waals surface area contributed by atoms with Gasteiger partial charge in [0.25, 0.3) is 0 Å². The Labute approximate surface area is 227 Å². The number of alkyl halides is 29. The molecule has 0 bridgehead atoms.